The quantitative estimate of drug-likeness (QED) is 0.670. The van der Waals surface area contributed by atoms with Crippen molar-refractivity contribution in [1.29, 1.82) is 0 Å². The molecule has 0 radical (unpaired) electrons. The third-order valence-electron chi connectivity index (χ3n) is 5.05. The zero-order valence-electron chi connectivity index (χ0n) is 16.1. The highest BCUT2D eigenvalue weighted by molar-refractivity contribution is 7.09. The van der Waals surface area contributed by atoms with Crippen molar-refractivity contribution >= 4 is 22.9 Å². The fraction of sp³-hybridized carbons (Fsp3) is 0.273. The van der Waals surface area contributed by atoms with Crippen LogP contribution in [-0.4, -0.2) is 49.1 Å². The average Bonchev–Trinajstić information content (AvgIpc) is 3.20. The van der Waals surface area contributed by atoms with E-state index < -0.39 is 0 Å². The number of aromatic nitrogens is 1. The SMILES string of the molecule is COc1ccc(N2CCN(C(=O)c3ccc(-c4csc(C)n4)cc3)CC2)cc1. The Labute approximate surface area is 169 Å². The maximum atomic E-state index is 12.9. The van der Waals surface area contributed by atoms with Crippen LogP contribution in [0.15, 0.2) is 53.9 Å². The minimum absolute atomic E-state index is 0.0930. The number of rotatable bonds is 4. The van der Waals surface area contributed by atoms with Crippen molar-refractivity contribution in [3.63, 3.8) is 0 Å². The van der Waals surface area contributed by atoms with Crippen molar-refractivity contribution in [3.8, 4) is 17.0 Å². The normalized spacial score (nSPS) is 14.2. The molecule has 1 aliphatic rings. The van der Waals surface area contributed by atoms with E-state index in [9.17, 15) is 4.79 Å². The lowest BCUT2D eigenvalue weighted by atomic mass is 10.1. The molecule has 0 spiro atoms. The van der Waals surface area contributed by atoms with Crippen LogP contribution in [0.5, 0.6) is 5.75 Å². The van der Waals surface area contributed by atoms with Gasteiger partial charge in [-0.15, -0.1) is 11.3 Å². The molecular formula is C22H23N3O2S. The standard InChI is InChI=1S/C22H23N3O2S/c1-16-23-21(15-28-16)17-3-5-18(6-4-17)22(26)25-13-11-24(12-14-25)19-7-9-20(27-2)10-8-19/h3-10,15H,11-14H2,1-2H3. The van der Waals surface area contributed by atoms with Crippen molar-refractivity contribution in [3.05, 3.63) is 64.5 Å². The summed E-state index contributed by atoms with van der Waals surface area (Å²) in [6.07, 6.45) is 0. The summed E-state index contributed by atoms with van der Waals surface area (Å²) in [5, 5.41) is 3.09. The number of carbonyl (C=O) groups is 1. The number of hydrogen-bond donors (Lipinski definition) is 0. The van der Waals surface area contributed by atoms with Crippen LogP contribution < -0.4 is 9.64 Å². The van der Waals surface area contributed by atoms with E-state index in [0.29, 0.717) is 0 Å². The Morgan fingerprint density at radius 1 is 1.00 bits per heavy atom. The third-order valence-corrected chi connectivity index (χ3v) is 5.82. The molecule has 1 fully saturated rings. The van der Waals surface area contributed by atoms with Gasteiger partial charge in [0.15, 0.2) is 0 Å². The van der Waals surface area contributed by atoms with Gasteiger partial charge >= 0.3 is 0 Å². The van der Waals surface area contributed by atoms with Crippen LogP contribution >= 0.6 is 11.3 Å². The molecule has 0 aliphatic carbocycles. The van der Waals surface area contributed by atoms with Crippen molar-refractivity contribution in [2.75, 3.05) is 38.2 Å². The van der Waals surface area contributed by atoms with Gasteiger partial charge in [-0.25, -0.2) is 4.98 Å². The lowest BCUT2D eigenvalue weighted by Crippen LogP contribution is -2.48. The van der Waals surface area contributed by atoms with Crippen LogP contribution in [0.1, 0.15) is 15.4 Å². The first-order valence-corrected chi connectivity index (χ1v) is 10.2. The largest absolute Gasteiger partial charge is 0.497 e. The second-order valence-corrected chi connectivity index (χ2v) is 7.87. The molecule has 2 heterocycles. The van der Waals surface area contributed by atoms with Gasteiger partial charge in [-0.1, -0.05) is 12.1 Å². The number of carbonyl (C=O) groups excluding carboxylic acids is 1. The molecule has 144 valence electrons. The Morgan fingerprint density at radius 3 is 2.25 bits per heavy atom. The zero-order chi connectivity index (χ0) is 19.5. The molecule has 1 saturated heterocycles. The van der Waals surface area contributed by atoms with Gasteiger partial charge in [0.1, 0.15) is 5.75 Å². The molecule has 1 aromatic heterocycles. The first kappa shape index (κ1) is 18.5. The summed E-state index contributed by atoms with van der Waals surface area (Å²) in [5.74, 6) is 0.948. The second-order valence-electron chi connectivity index (χ2n) is 6.81. The number of thiazole rings is 1. The van der Waals surface area contributed by atoms with Gasteiger partial charge in [-0.2, -0.15) is 0 Å². The number of benzene rings is 2. The Balaban J connectivity index is 1.38. The lowest BCUT2D eigenvalue weighted by Gasteiger charge is -2.36. The molecule has 0 N–H and O–H groups in total. The summed E-state index contributed by atoms with van der Waals surface area (Å²) in [5.41, 5.74) is 3.91. The molecule has 3 aromatic rings. The summed E-state index contributed by atoms with van der Waals surface area (Å²) in [7, 11) is 1.67. The lowest BCUT2D eigenvalue weighted by molar-refractivity contribution is 0.0747. The predicted octanol–water partition coefficient (Wildman–Crippen LogP) is 4.09. The second kappa shape index (κ2) is 8.02. The number of hydrogen-bond acceptors (Lipinski definition) is 5. The predicted molar refractivity (Wildman–Crippen MR) is 113 cm³/mol. The highest BCUT2D eigenvalue weighted by atomic mass is 32.1. The van der Waals surface area contributed by atoms with Crippen LogP contribution in [0.25, 0.3) is 11.3 Å². The van der Waals surface area contributed by atoms with Crippen molar-refractivity contribution < 1.29 is 9.53 Å². The Hall–Kier alpha value is -2.86. The number of ether oxygens (including phenoxy) is 1. The van der Waals surface area contributed by atoms with Gasteiger partial charge in [0.25, 0.3) is 5.91 Å². The topological polar surface area (TPSA) is 45.7 Å². The van der Waals surface area contributed by atoms with Crippen molar-refractivity contribution in [2.45, 2.75) is 6.92 Å². The molecule has 28 heavy (non-hydrogen) atoms. The van der Waals surface area contributed by atoms with E-state index in [4.69, 9.17) is 4.74 Å². The van der Waals surface area contributed by atoms with Gasteiger partial charge in [0.05, 0.1) is 17.8 Å². The fourth-order valence-electron chi connectivity index (χ4n) is 3.42. The summed E-state index contributed by atoms with van der Waals surface area (Å²) in [6, 6.07) is 15.8. The van der Waals surface area contributed by atoms with E-state index in [0.717, 1.165) is 59.4 Å². The Kier molecular flexibility index (Phi) is 5.30. The molecule has 0 bridgehead atoms. The molecule has 0 atom stereocenters. The first-order valence-electron chi connectivity index (χ1n) is 9.35. The zero-order valence-corrected chi connectivity index (χ0v) is 16.9. The number of nitrogens with zero attached hydrogens (tertiary/aromatic N) is 3. The minimum Gasteiger partial charge on any atom is -0.497 e. The van der Waals surface area contributed by atoms with Crippen molar-refractivity contribution in [1.82, 2.24) is 9.88 Å². The molecule has 6 heteroatoms. The maximum absolute atomic E-state index is 12.9. The van der Waals surface area contributed by atoms with E-state index in [-0.39, 0.29) is 5.91 Å². The molecular weight excluding hydrogens is 370 g/mol. The van der Waals surface area contributed by atoms with Crippen LogP contribution in [-0.2, 0) is 0 Å². The summed E-state index contributed by atoms with van der Waals surface area (Å²) in [6.45, 7) is 5.09. The molecule has 4 rings (SSSR count). The summed E-state index contributed by atoms with van der Waals surface area (Å²) >= 11 is 1.63. The van der Waals surface area contributed by atoms with Gasteiger partial charge < -0.3 is 14.5 Å². The van der Waals surface area contributed by atoms with Gasteiger partial charge in [-0.3, -0.25) is 4.79 Å². The molecule has 5 nitrogen and oxygen atoms in total. The van der Waals surface area contributed by atoms with Gasteiger partial charge in [0.2, 0.25) is 0 Å². The van der Waals surface area contributed by atoms with Crippen molar-refractivity contribution in [2.24, 2.45) is 0 Å². The summed E-state index contributed by atoms with van der Waals surface area (Å²) < 4.78 is 5.22. The summed E-state index contributed by atoms with van der Waals surface area (Å²) in [4.78, 5) is 21.6. The molecule has 1 aliphatic heterocycles. The number of amides is 1. The number of aryl methyl sites for hydroxylation is 1. The van der Waals surface area contributed by atoms with E-state index in [1.165, 1.54) is 0 Å². The monoisotopic (exact) mass is 393 g/mol. The average molecular weight is 394 g/mol. The van der Waals surface area contributed by atoms with Crippen LogP contribution in [0, 0.1) is 6.92 Å². The molecule has 1 amide bonds. The minimum atomic E-state index is 0.0930. The Bertz CT molecular complexity index is 943. The molecule has 0 saturated carbocycles. The van der Waals surface area contributed by atoms with E-state index in [1.807, 2.05) is 53.6 Å². The number of piperazine rings is 1. The maximum Gasteiger partial charge on any atom is 0.253 e. The molecule has 0 unspecified atom stereocenters. The van der Waals surface area contributed by atoms with Gasteiger partial charge in [-0.05, 0) is 43.3 Å². The highest BCUT2D eigenvalue weighted by Gasteiger charge is 2.22. The van der Waals surface area contributed by atoms with E-state index in [2.05, 4.69) is 22.0 Å². The fourth-order valence-corrected chi connectivity index (χ4v) is 4.04. The number of anilines is 1. The smallest absolute Gasteiger partial charge is 0.253 e. The van der Waals surface area contributed by atoms with Gasteiger partial charge in [0, 0.05) is 48.4 Å². The van der Waals surface area contributed by atoms with Crippen LogP contribution in [0.4, 0.5) is 5.69 Å². The number of methoxy groups -OCH3 is 1. The van der Waals surface area contributed by atoms with Crippen LogP contribution in [0.3, 0.4) is 0 Å². The molecule has 2 aromatic carbocycles. The third kappa shape index (κ3) is 3.87. The van der Waals surface area contributed by atoms with E-state index >= 15 is 0 Å². The van der Waals surface area contributed by atoms with Crippen LogP contribution in [0.2, 0.25) is 0 Å². The Morgan fingerprint density at radius 2 is 1.68 bits per heavy atom. The van der Waals surface area contributed by atoms with E-state index in [1.54, 1.807) is 18.4 Å². The first-order chi connectivity index (χ1) is 13.6. The highest BCUT2D eigenvalue weighted by Crippen LogP contribution is 2.23.